The molecule has 0 heterocycles. The van der Waals surface area contributed by atoms with Crippen molar-refractivity contribution in [2.75, 3.05) is 0 Å². The minimum atomic E-state index is 0.551. The van der Waals surface area contributed by atoms with Crippen LogP contribution in [0.15, 0.2) is 29.2 Å². The second kappa shape index (κ2) is 3.86. The molecule has 0 fully saturated rings. The van der Waals surface area contributed by atoms with Crippen LogP contribution >= 0.6 is 21.7 Å². The van der Waals surface area contributed by atoms with Gasteiger partial charge in [0.1, 0.15) is 0 Å². The SMILES string of the molecule is NCc1ccccc1SCl. The number of nitrogens with two attached hydrogens (primary N) is 1. The van der Waals surface area contributed by atoms with Gasteiger partial charge in [-0.1, -0.05) is 18.2 Å². The molecule has 1 nitrogen and oxygen atoms in total. The van der Waals surface area contributed by atoms with E-state index in [1.807, 2.05) is 24.3 Å². The molecule has 0 bridgehead atoms. The molecule has 0 aromatic heterocycles. The zero-order valence-corrected chi connectivity index (χ0v) is 6.95. The molecule has 2 N–H and O–H groups in total. The fourth-order valence-electron chi connectivity index (χ4n) is 0.748. The Labute approximate surface area is 69.1 Å². The van der Waals surface area contributed by atoms with Crippen LogP contribution in [-0.4, -0.2) is 0 Å². The highest BCUT2D eigenvalue weighted by molar-refractivity contribution is 8.21. The standard InChI is InChI=1S/C7H8ClNS/c8-10-7-4-2-1-3-6(7)5-9/h1-4H,5,9H2. The molecule has 0 radical (unpaired) electrons. The van der Waals surface area contributed by atoms with Gasteiger partial charge in [0.05, 0.1) is 0 Å². The molecule has 3 heteroatoms. The van der Waals surface area contributed by atoms with Crippen molar-refractivity contribution in [1.82, 2.24) is 0 Å². The lowest BCUT2D eigenvalue weighted by Gasteiger charge is -2.00. The van der Waals surface area contributed by atoms with Crippen molar-refractivity contribution in [2.45, 2.75) is 11.4 Å². The Morgan fingerprint density at radius 2 is 2.10 bits per heavy atom. The molecule has 0 aliphatic rings. The summed E-state index contributed by atoms with van der Waals surface area (Å²) in [5.41, 5.74) is 6.55. The highest BCUT2D eigenvalue weighted by atomic mass is 35.7. The maximum Gasteiger partial charge on any atom is 0.0278 e. The van der Waals surface area contributed by atoms with E-state index in [-0.39, 0.29) is 0 Å². The molecule has 0 amide bonds. The molecule has 0 atom stereocenters. The van der Waals surface area contributed by atoms with E-state index < -0.39 is 0 Å². The molecule has 0 saturated carbocycles. The average Bonchev–Trinajstić information content (AvgIpc) is 2.04. The minimum Gasteiger partial charge on any atom is -0.326 e. The predicted molar refractivity (Wildman–Crippen MR) is 46.0 cm³/mol. The Kier molecular flexibility index (Phi) is 3.06. The van der Waals surface area contributed by atoms with E-state index in [4.69, 9.17) is 16.4 Å². The molecular weight excluding hydrogens is 166 g/mol. The largest absolute Gasteiger partial charge is 0.326 e. The van der Waals surface area contributed by atoms with Crippen LogP contribution in [0.3, 0.4) is 0 Å². The van der Waals surface area contributed by atoms with Gasteiger partial charge < -0.3 is 5.73 Å². The first-order chi connectivity index (χ1) is 4.88. The topological polar surface area (TPSA) is 26.0 Å². The zero-order chi connectivity index (χ0) is 7.40. The molecular formula is C7H8ClNS. The van der Waals surface area contributed by atoms with Gasteiger partial charge in [-0.25, -0.2) is 0 Å². The fourth-order valence-corrected chi connectivity index (χ4v) is 1.58. The number of rotatable bonds is 2. The summed E-state index contributed by atoms with van der Waals surface area (Å²) in [5.74, 6) is 0. The van der Waals surface area contributed by atoms with Gasteiger partial charge in [0.15, 0.2) is 0 Å². The third-order valence-corrected chi connectivity index (χ3v) is 2.34. The summed E-state index contributed by atoms with van der Waals surface area (Å²) < 4.78 is 0. The van der Waals surface area contributed by atoms with Crippen molar-refractivity contribution in [1.29, 1.82) is 0 Å². The smallest absolute Gasteiger partial charge is 0.0278 e. The van der Waals surface area contributed by atoms with Crippen molar-refractivity contribution >= 4 is 21.7 Å². The van der Waals surface area contributed by atoms with Crippen molar-refractivity contribution in [2.24, 2.45) is 5.73 Å². The third-order valence-electron chi connectivity index (χ3n) is 1.28. The fraction of sp³-hybridized carbons (Fsp3) is 0.143. The van der Waals surface area contributed by atoms with Crippen LogP contribution in [0.2, 0.25) is 0 Å². The summed E-state index contributed by atoms with van der Waals surface area (Å²) >= 11 is 0. The van der Waals surface area contributed by atoms with Crippen LogP contribution in [0.25, 0.3) is 0 Å². The van der Waals surface area contributed by atoms with Gasteiger partial charge in [-0.2, -0.15) is 0 Å². The van der Waals surface area contributed by atoms with Gasteiger partial charge in [-0.15, -0.1) is 0 Å². The van der Waals surface area contributed by atoms with E-state index >= 15 is 0 Å². The van der Waals surface area contributed by atoms with Gasteiger partial charge in [-0.3, -0.25) is 0 Å². The molecule has 1 rings (SSSR count). The van der Waals surface area contributed by atoms with Crippen LogP contribution in [0.5, 0.6) is 0 Å². The molecule has 1 aromatic carbocycles. The Bertz CT molecular complexity index is 192. The van der Waals surface area contributed by atoms with E-state index in [9.17, 15) is 0 Å². The van der Waals surface area contributed by atoms with Gasteiger partial charge in [0.25, 0.3) is 0 Å². The van der Waals surface area contributed by atoms with Crippen LogP contribution in [0.1, 0.15) is 5.56 Å². The summed E-state index contributed by atoms with van der Waals surface area (Å²) in [7, 11) is 6.78. The molecule has 0 saturated heterocycles. The van der Waals surface area contributed by atoms with Crippen LogP contribution in [0.4, 0.5) is 0 Å². The number of benzene rings is 1. The molecule has 1 aromatic rings. The van der Waals surface area contributed by atoms with Crippen molar-refractivity contribution in [3.05, 3.63) is 29.8 Å². The first-order valence-electron chi connectivity index (χ1n) is 2.95. The number of halogens is 1. The minimum absolute atomic E-state index is 0.551. The maximum absolute atomic E-state index is 5.57. The summed E-state index contributed by atoms with van der Waals surface area (Å²) in [6.45, 7) is 0.551. The molecule has 0 aliphatic carbocycles. The lowest BCUT2D eigenvalue weighted by Crippen LogP contribution is -1.96. The second-order valence-electron chi connectivity index (χ2n) is 1.89. The second-order valence-corrected chi connectivity index (χ2v) is 2.95. The van der Waals surface area contributed by atoms with E-state index in [2.05, 4.69) is 0 Å². The third kappa shape index (κ3) is 1.66. The predicted octanol–water partition coefficient (Wildman–Crippen LogP) is 2.39. The zero-order valence-electron chi connectivity index (χ0n) is 5.38. The quantitative estimate of drug-likeness (QED) is 0.744. The van der Waals surface area contributed by atoms with Crippen molar-refractivity contribution < 1.29 is 0 Å². The van der Waals surface area contributed by atoms with Crippen molar-refractivity contribution in [3.8, 4) is 0 Å². The van der Waals surface area contributed by atoms with E-state index in [1.54, 1.807) is 0 Å². The average molecular weight is 174 g/mol. The lowest BCUT2D eigenvalue weighted by molar-refractivity contribution is 1.03. The molecule has 0 aliphatic heterocycles. The van der Waals surface area contributed by atoms with Crippen LogP contribution < -0.4 is 5.73 Å². The Hall–Kier alpha value is -0.180. The molecule has 0 unspecified atom stereocenters. The van der Waals surface area contributed by atoms with E-state index in [0.717, 1.165) is 10.5 Å². The maximum atomic E-state index is 5.57. The first kappa shape index (κ1) is 7.92. The van der Waals surface area contributed by atoms with Crippen molar-refractivity contribution in [3.63, 3.8) is 0 Å². The monoisotopic (exact) mass is 173 g/mol. The summed E-state index contributed by atoms with van der Waals surface area (Å²) in [4.78, 5) is 1.05. The number of hydrogen-bond acceptors (Lipinski definition) is 2. The summed E-state index contributed by atoms with van der Waals surface area (Å²) in [5, 5.41) is 0. The molecule has 0 spiro atoms. The van der Waals surface area contributed by atoms with Gasteiger partial charge in [0.2, 0.25) is 0 Å². The highest BCUT2D eigenvalue weighted by Gasteiger charge is 1.96. The van der Waals surface area contributed by atoms with Gasteiger partial charge >= 0.3 is 0 Å². The normalized spacial score (nSPS) is 9.80. The van der Waals surface area contributed by atoms with E-state index in [1.165, 1.54) is 11.0 Å². The Morgan fingerprint density at radius 3 is 2.60 bits per heavy atom. The first-order valence-corrected chi connectivity index (χ1v) is 4.59. The number of hydrogen-bond donors (Lipinski definition) is 1. The van der Waals surface area contributed by atoms with Crippen LogP contribution in [0, 0.1) is 0 Å². The lowest BCUT2D eigenvalue weighted by atomic mass is 10.2. The van der Waals surface area contributed by atoms with Gasteiger partial charge in [0, 0.05) is 11.4 Å². The van der Waals surface area contributed by atoms with Crippen LogP contribution in [-0.2, 0) is 6.54 Å². The summed E-state index contributed by atoms with van der Waals surface area (Å²) in [6, 6.07) is 7.84. The Balaban J connectivity index is 2.96. The molecule has 54 valence electrons. The van der Waals surface area contributed by atoms with E-state index in [0.29, 0.717) is 6.54 Å². The Morgan fingerprint density at radius 1 is 1.40 bits per heavy atom. The highest BCUT2D eigenvalue weighted by Crippen LogP contribution is 2.24. The molecule has 10 heavy (non-hydrogen) atoms. The summed E-state index contributed by atoms with van der Waals surface area (Å²) in [6.07, 6.45) is 0. The van der Waals surface area contributed by atoms with Gasteiger partial charge in [-0.05, 0) is 33.3 Å².